The Bertz CT molecular complexity index is 505. The van der Waals surface area contributed by atoms with E-state index in [1.807, 2.05) is 6.07 Å². The SMILES string of the molecule is COC(=O)C1COCCN1CC1OCCc2ccccc21. The monoisotopic (exact) mass is 291 g/mol. The quantitative estimate of drug-likeness (QED) is 0.783. The Morgan fingerprint density at radius 2 is 2.24 bits per heavy atom. The van der Waals surface area contributed by atoms with Crippen molar-refractivity contribution in [2.45, 2.75) is 18.6 Å². The topological polar surface area (TPSA) is 48.0 Å². The molecule has 5 heteroatoms. The smallest absolute Gasteiger partial charge is 0.325 e. The van der Waals surface area contributed by atoms with E-state index in [-0.39, 0.29) is 18.1 Å². The molecular weight excluding hydrogens is 270 g/mol. The Labute approximate surface area is 124 Å². The minimum absolute atomic E-state index is 0.0141. The largest absolute Gasteiger partial charge is 0.468 e. The molecule has 1 aromatic carbocycles. The normalized spacial score (nSPS) is 26.1. The van der Waals surface area contributed by atoms with Crippen molar-refractivity contribution in [3.8, 4) is 0 Å². The number of fused-ring (bicyclic) bond motifs is 1. The van der Waals surface area contributed by atoms with Crippen molar-refractivity contribution in [2.75, 3.05) is 40.0 Å². The van der Waals surface area contributed by atoms with E-state index < -0.39 is 0 Å². The van der Waals surface area contributed by atoms with Crippen LogP contribution in [0.15, 0.2) is 24.3 Å². The number of methoxy groups -OCH3 is 1. The number of nitrogens with zero attached hydrogens (tertiary/aromatic N) is 1. The zero-order valence-electron chi connectivity index (χ0n) is 12.3. The lowest BCUT2D eigenvalue weighted by atomic mass is 9.97. The van der Waals surface area contributed by atoms with Crippen molar-refractivity contribution in [1.29, 1.82) is 0 Å². The molecule has 2 atom stereocenters. The molecule has 1 fully saturated rings. The average molecular weight is 291 g/mol. The summed E-state index contributed by atoms with van der Waals surface area (Å²) < 4.78 is 16.2. The highest BCUT2D eigenvalue weighted by atomic mass is 16.5. The maximum absolute atomic E-state index is 11.9. The fourth-order valence-corrected chi connectivity index (χ4v) is 3.05. The molecule has 2 heterocycles. The van der Waals surface area contributed by atoms with Crippen LogP contribution in [0.4, 0.5) is 0 Å². The Morgan fingerprint density at radius 3 is 3.10 bits per heavy atom. The first-order valence-corrected chi connectivity index (χ1v) is 7.38. The van der Waals surface area contributed by atoms with Gasteiger partial charge in [-0.2, -0.15) is 0 Å². The van der Waals surface area contributed by atoms with E-state index in [2.05, 4.69) is 23.1 Å². The van der Waals surface area contributed by atoms with Crippen molar-refractivity contribution >= 4 is 5.97 Å². The van der Waals surface area contributed by atoms with Crippen LogP contribution in [0.5, 0.6) is 0 Å². The minimum Gasteiger partial charge on any atom is -0.468 e. The van der Waals surface area contributed by atoms with Crippen LogP contribution in [-0.2, 0) is 25.4 Å². The molecule has 0 bridgehead atoms. The third-order valence-electron chi connectivity index (χ3n) is 4.21. The molecule has 2 unspecified atom stereocenters. The summed E-state index contributed by atoms with van der Waals surface area (Å²) in [6, 6.07) is 8.04. The van der Waals surface area contributed by atoms with Crippen molar-refractivity contribution in [3.05, 3.63) is 35.4 Å². The van der Waals surface area contributed by atoms with Crippen LogP contribution >= 0.6 is 0 Å². The highest BCUT2D eigenvalue weighted by Gasteiger charge is 2.33. The Balaban J connectivity index is 1.75. The van der Waals surface area contributed by atoms with E-state index in [1.54, 1.807) is 0 Å². The maximum atomic E-state index is 11.9. The van der Waals surface area contributed by atoms with Crippen molar-refractivity contribution < 1.29 is 19.0 Å². The van der Waals surface area contributed by atoms with Crippen LogP contribution in [0.3, 0.4) is 0 Å². The second-order valence-electron chi connectivity index (χ2n) is 5.42. The standard InChI is InChI=1S/C16H21NO4/c1-19-16(18)14-11-20-9-7-17(14)10-15-13-5-3-2-4-12(13)6-8-21-15/h2-5,14-15H,6-11H2,1H3. The summed E-state index contributed by atoms with van der Waals surface area (Å²) in [6.45, 7) is 3.18. The molecule has 114 valence electrons. The molecule has 0 saturated carbocycles. The Hall–Kier alpha value is -1.43. The molecule has 0 aromatic heterocycles. The van der Waals surface area contributed by atoms with Gasteiger partial charge < -0.3 is 14.2 Å². The van der Waals surface area contributed by atoms with E-state index in [1.165, 1.54) is 18.2 Å². The van der Waals surface area contributed by atoms with Crippen molar-refractivity contribution in [3.63, 3.8) is 0 Å². The van der Waals surface area contributed by atoms with Gasteiger partial charge in [0.1, 0.15) is 6.04 Å². The highest BCUT2D eigenvalue weighted by molar-refractivity contribution is 5.75. The van der Waals surface area contributed by atoms with Gasteiger partial charge in [0, 0.05) is 13.1 Å². The average Bonchev–Trinajstić information content (AvgIpc) is 2.55. The van der Waals surface area contributed by atoms with Gasteiger partial charge in [-0.15, -0.1) is 0 Å². The number of carbonyl (C=O) groups is 1. The van der Waals surface area contributed by atoms with Gasteiger partial charge >= 0.3 is 5.97 Å². The van der Waals surface area contributed by atoms with Gasteiger partial charge in [-0.1, -0.05) is 24.3 Å². The third kappa shape index (κ3) is 3.10. The van der Waals surface area contributed by atoms with Crippen LogP contribution in [0.25, 0.3) is 0 Å². The van der Waals surface area contributed by atoms with Gasteiger partial charge in [0.15, 0.2) is 0 Å². The second-order valence-corrected chi connectivity index (χ2v) is 5.42. The molecule has 1 saturated heterocycles. The van der Waals surface area contributed by atoms with Crippen LogP contribution in [0.2, 0.25) is 0 Å². The molecule has 0 spiro atoms. The summed E-state index contributed by atoms with van der Waals surface area (Å²) in [5.41, 5.74) is 2.58. The van der Waals surface area contributed by atoms with Crippen LogP contribution in [-0.4, -0.2) is 56.9 Å². The Morgan fingerprint density at radius 1 is 1.38 bits per heavy atom. The summed E-state index contributed by atoms with van der Waals surface area (Å²) in [6.07, 6.45) is 0.969. The minimum atomic E-state index is -0.332. The van der Waals surface area contributed by atoms with Crippen molar-refractivity contribution in [2.24, 2.45) is 0 Å². The number of hydrogen-bond acceptors (Lipinski definition) is 5. The molecule has 0 amide bonds. The summed E-state index contributed by atoms with van der Waals surface area (Å²) in [4.78, 5) is 14.0. The predicted octanol–water partition coefficient (Wildman–Crippen LogP) is 1.17. The highest BCUT2D eigenvalue weighted by Crippen LogP contribution is 2.28. The number of rotatable bonds is 3. The third-order valence-corrected chi connectivity index (χ3v) is 4.21. The first-order chi connectivity index (χ1) is 10.3. The maximum Gasteiger partial charge on any atom is 0.325 e. The number of benzene rings is 1. The Kier molecular flexibility index (Phi) is 4.53. The number of morpholine rings is 1. The van der Waals surface area contributed by atoms with Crippen LogP contribution in [0, 0.1) is 0 Å². The molecule has 5 nitrogen and oxygen atoms in total. The van der Waals surface area contributed by atoms with E-state index >= 15 is 0 Å². The zero-order valence-corrected chi connectivity index (χ0v) is 12.3. The number of esters is 1. The van der Waals surface area contributed by atoms with E-state index in [0.29, 0.717) is 19.8 Å². The molecular formula is C16H21NO4. The lowest BCUT2D eigenvalue weighted by molar-refractivity contribution is -0.154. The molecule has 2 aliphatic rings. The van der Waals surface area contributed by atoms with E-state index in [9.17, 15) is 4.79 Å². The number of ether oxygens (including phenoxy) is 3. The zero-order chi connectivity index (χ0) is 14.7. The molecule has 0 radical (unpaired) electrons. The van der Waals surface area contributed by atoms with Crippen LogP contribution < -0.4 is 0 Å². The first-order valence-electron chi connectivity index (χ1n) is 7.38. The van der Waals surface area contributed by atoms with Gasteiger partial charge in [0.05, 0.1) is 33.0 Å². The van der Waals surface area contributed by atoms with E-state index in [0.717, 1.165) is 19.6 Å². The van der Waals surface area contributed by atoms with E-state index in [4.69, 9.17) is 14.2 Å². The summed E-state index contributed by atoms with van der Waals surface area (Å²) >= 11 is 0. The molecule has 2 aliphatic heterocycles. The number of carbonyl (C=O) groups excluding carboxylic acids is 1. The van der Waals surface area contributed by atoms with Gasteiger partial charge in [0.25, 0.3) is 0 Å². The predicted molar refractivity (Wildman–Crippen MR) is 77.0 cm³/mol. The molecule has 21 heavy (non-hydrogen) atoms. The molecule has 0 N–H and O–H groups in total. The number of hydrogen-bond donors (Lipinski definition) is 0. The fraction of sp³-hybridized carbons (Fsp3) is 0.562. The molecule has 3 rings (SSSR count). The lowest BCUT2D eigenvalue weighted by Gasteiger charge is -2.37. The first kappa shape index (κ1) is 14.5. The summed E-state index contributed by atoms with van der Waals surface area (Å²) in [7, 11) is 1.42. The van der Waals surface area contributed by atoms with Crippen LogP contribution in [0.1, 0.15) is 17.2 Å². The fourth-order valence-electron chi connectivity index (χ4n) is 3.05. The van der Waals surface area contributed by atoms with Gasteiger partial charge in [-0.3, -0.25) is 9.69 Å². The molecule has 0 aliphatic carbocycles. The second kappa shape index (κ2) is 6.56. The molecule has 1 aromatic rings. The van der Waals surface area contributed by atoms with Gasteiger partial charge in [-0.25, -0.2) is 0 Å². The van der Waals surface area contributed by atoms with Crippen molar-refractivity contribution in [1.82, 2.24) is 4.90 Å². The summed E-state index contributed by atoms with van der Waals surface area (Å²) in [5, 5.41) is 0. The van der Waals surface area contributed by atoms with Gasteiger partial charge in [0.2, 0.25) is 0 Å². The lowest BCUT2D eigenvalue weighted by Crippen LogP contribution is -2.52. The van der Waals surface area contributed by atoms with Gasteiger partial charge in [-0.05, 0) is 17.5 Å². The summed E-state index contributed by atoms with van der Waals surface area (Å²) in [5.74, 6) is -0.237.